The molecule has 5 nitrogen and oxygen atoms in total. The number of para-hydroxylation sites is 3. The molecule has 0 saturated carbocycles. The predicted molar refractivity (Wildman–Crippen MR) is 199 cm³/mol. The maximum atomic E-state index is 5.32. The number of aliphatic imine (C=N–C) groups is 2. The van der Waals surface area contributed by atoms with E-state index in [-0.39, 0.29) is 0 Å². The molecule has 1 N–H and O–H groups in total. The fourth-order valence-electron chi connectivity index (χ4n) is 7.48. The topological polar surface area (TPSA) is 46.6 Å². The van der Waals surface area contributed by atoms with Gasteiger partial charge >= 0.3 is 0 Å². The molecule has 1 aliphatic heterocycles. The summed E-state index contributed by atoms with van der Waals surface area (Å²) in [6, 6.07) is 57.8. The summed E-state index contributed by atoms with van der Waals surface area (Å²) < 4.78 is 4.74. The Morgan fingerprint density at radius 2 is 0.833 bits per heavy atom. The number of hydrogen-bond donors (Lipinski definition) is 1. The van der Waals surface area contributed by atoms with Gasteiger partial charge in [-0.15, -0.1) is 0 Å². The van der Waals surface area contributed by atoms with Gasteiger partial charge in [0.25, 0.3) is 0 Å². The predicted octanol–water partition coefficient (Wildman–Crippen LogP) is 10.00. The van der Waals surface area contributed by atoms with E-state index in [0.717, 1.165) is 39.5 Å². The van der Waals surface area contributed by atoms with Gasteiger partial charge in [0.2, 0.25) is 6.29 Å². The van der Waals surface area contributed by atoms with Crippen molar-refractivity contribution in [2.45, 2.75) is 6.29 Å². The first kappa shape index (κ1) is 26.7. The van der Waals surface area contributed by atoms with Crippen LogP contribution in [0.15, 0.2) is 174 Å². The molecule has 10 rings (SSSR count). The Morgan fingerprint density at radius 3 is 1.44 bits per heavy atom. The molecule has 0 amide bonds. The van der Waals surface area contributed by atoms with Gasteiger partial charge in [-0.3, -0.25) is 4.57 Å². The Kier molecular flexibility index (Phi) is 5.87. The molecule has 0 bridgehead atoms. The van der Waals surface area contributed by atoms with Crippen molar-refractivity contribution in [3.8, 4) is 5.69 Å². The average molecular weight is 616 g/mol. The maximum absolute atomic E-state index is 5.32. The van der Waals surface area contributed by atoms with Crippen molar-refractivity contribution in [3.63, 3.8) is 0 Å². The lowest BCUT2D eigenvalue weighted by molar-refractivity contribution is 0.576. The largest absolute Gasteiger partial charge is 0.324 e. The molecule has 9 aromatic rings. The van der Waals surface area contributed by atoms with Gasteiger partial charge in [-0.05, 0) is 24.3 Å². The van der Waals surface area contributed by atoms with E-state index < -0.39 is 6.29 Å². The minimum Gasteiger partial charge on any atom is -0.324 e. The van der Waals surface area contributed by atoms with E-state index >= 15 is 0 Å². The van der Waals surface area contributed by atoms with E-state index in [2.05, 4.69) is 142 Å². The van der Waals surface area contributed by atoms with Crippen LogP contribution in [0.4, 0.5) is 0 Å². The first-order valence-electron chi connectivity index (χ1n) is 16.3. The van der Waals surface area contributed by atoms with Gasteiger partial charge in [-0.2, -0.15) is 0 Å². The lowest BCUT2D eigenvalue weighted by Gasteiger charge is -2.24. The first-order valence-corrected chi connectivity index (χ1v) is 16.3. The summed E-state index contributed by atoms with van der Waals surface area (Å²) in [5, 5.41) is 10.8. The maximum Gasteiger partial charge on any atom is 0.225 e. The van der Waals surface area contributed by atoms with E-state index in [0.29, 0.717) is 0 Å². The van der Waals surface area contributed by atoms with Gasteiger partial charge in [0, 0.05) is 49.1 Å². The fourth-order valence-corrected chi connectivity index (χ4v) is 7.48. The molecule has 2 aromatic heterocycles. The number of rotatable bonds is 4. The number of hydrogen-bond acceptors (Lipinski definition) is 3. The molecule has 0 radical (unpaired) electrons. The number of nitrogens with zero attached hydrogens (tertiary/aromatic N) is 4. The first-order chi connectivity index (χ1) is 23.8. The zero-order chi connectivity index (χ0) is 31.6. The molecule has 7 aromatic carbocycles. The second-order valence-corrected chi connectivity index (χ2v) is 12.3. The molecule has 5 heteroatoms. The van der Waals surface area contributed by atoms with Crippen molar-refractivity contribution < 1.29 is 0 Å². The summed E-state index contributed by atoms with van der Waals surface area (Å²) in [5.74, 6) is 1.60. The van der Waals surface area contributed by atoms with Crippen LogP contribution in [0.5, 0.6) is 0 Å². The van der Waals surface area contributed by atoms with Gasteiger partial charge < -0.3 is 9.88 Å². The highest BCUT2D eigenvalue weighted by atomic mass is 15.3. The second kappa shape index (κ2) is 10.5. The summed E-state index contributed by atoms with van der Waals surface area (Å²) in [5.41, 5.74) is 7.80. The van der Waals surface area contributed by atoms with Gasteiger partial charge in [0.15, 0.2) is 0 Å². The minimum absolute atomic E-state index is 0.527. The summed E-state index contributed by atoms with van der Waals surface area (Å²) in [7, 11) is 0. The monoisotopic (exact) mass is 615 g/mol. The fraction of sp³-hybridized carbons (Fsp3) is 0.0233. The molecule has 48 heavy (non-hydrogen) atoms. The van der Waals surface area contributed by atoms with Crippen LogP contribution in [0.1, 0.15) is 17.4 Å². The highest BCUT2D eigenvalue weighted by molar-refractivity contribution is 6.26. The third-order valence-corrected chi connectivity index (χ3v) is 9.56. The molecule has 0 saturated heterocycles. The van der Waals surface area contributed by atoms with Crippen LogP contribution >= 0.6 is 0 Å². The number of aromatic nitrogens is 2. The van der Waals surface area contributed by atoms with Crippen LogP contribution in [0.25, 0.3) is 60.1 Å². The van der Waals surface area contributed by atoms with Crippen LogP contribution < -0.4 is 5.32 Å². The van der Waals surface area contributed by atoms with E-state index in [4.69, 9.17) is 9.98 Å². The number of nitrogens with one attached hydrogen (secondary N) is 1. The summed E-state index contributed by atoms with van der Waals surface area (Å²) in [6.45, 7) is 0. The molecular formula is C43H29N5. The molecule has 3 heterocycles. The van der Waals surface area contributed by atoms with E-state index in [1.165, 1.54) is 43.4 Å². The van der Waals surface area contributed by atoms with Crippen molar-refractivity contribution >= 4 is 66.1 Å². The highest BCUT2D eigenvalue weighted by Crippen LogP contribution is 2.42. The van der Waals surface area contributed by atoms with Crippen molar-refractivity contribution in [2.75, 3.05) is 0 Å². The van der Waals surface area contributed by atoms with E-state index in [9.17, 15) is 0 Å². The zero-order valence-electron chi connectivity index (χ0n) is 26.0. The van der Waals surface area contributed by atoms with Crippen molar-refractivity contribution in [3.05, 3.63) is 175 Å². The lowest BCUT2D eigenvalue weighted by atomic mass is 10.0. The molecule has 0 atom stereocenters. The van der Waals surface area contributed by atoms with Crippen LogP contribution in [0.2, 0.25) is 0 Å². The molecule has 1 aliphatic rings. The average Bonchev–Trinajstić information content (AvgIpc) is 3.69. The number of amidine groups is 2. The summed E-state index contributed by atoms with van der Waals surface area (Å²) in [6.07, 6.45) is -0.527. The van der Waals surface area contributed by atoms with Crippen LogP contribution in [-0.2, 0) is 0 Å². The Bertz CT molecular complexity index is 2680. The standard InChI is InChI=1S/C43H29N5/c1-4-14-28(15-5-1)41-44-42(29-16-6-2-7-17-29)46-43(45-41)48-38-23-13-11-21-32(38)34-25-26-35-36(40(34)48)27-24-33-31-20-10-12-22-37(31)47(39(33)35)30-18-8-3-9-19-30/h1-27,43H,(H,44,45,46). The van der Waals surface area contributed by atoms with Gasteiger partial charge in [-0.1, -0.05) is 140 Å². The van der Waals surface area contributed by atoms with Gasteiger partial charge in [0.05, 0.1) is 22.1 Å². The van der Waals surface area contributed by atoms with Crippen molar-refractivity contribution in [2.24, 2.45) is 9.98 Å². The highest BCUT2D eigenvalue weighted by Gasteiger charge is 2.26. The van der Waals surface area contributed by atoms with Crippen LogP contribution in [0, 0.1) is 0 Å². The molecule has 0 aliphatic carbocycles. The lowest BCUT2D eigenvalue weighted by Crippen LogP contribution is -2.36. The van der Waals surface area contributed by atoms with Gasteiger partial charge in [0.1, 0.15) is 11.7 Å². The number of fused-ring (bicyclic) bond motifs is 9. The van der Waals surface area contributed by atoms with Crippen molar-refractivity contribution in [1.29, 1.82) is 0 Å². The Balaban J connectivity index is 1.32. The zero-order valence-corrected chi connectivity index (χ0v) is 26.0. The quantitative estimate of drug-likeness (QED) is 0.210. The third-order valence-electron chi connectivity index (χ3n) is 9.56. The molecular weight excluding hydrogens is 587 g/mol. The molecule has 0 fully saturated rings. The normalized spacial score (nSPS) is 13.8. The van der Waals surface area contributed by atoms with Gasteiger partial charge in [-0.25, -0.2) is 9.98 Å². The minimum atomic E-state index is -0.527. The number of benzene rings is 7. The SMILES string of the molecule is c1ccc(C2=NC(n3c4ccccc4c4ccc5c(ccc6c7ccccc7n(-c7ccccc7)c65)c43)N=C(c3ccccc3)N2)cc1. The second-order valence-electron chi connectivity index (χ2n) is 12.3. The Morgan fingerprint density at radius 1 is 0.396 bits per heavy atom. The van der Waals surface area contributed by atoms with Crippen LogP contribution in [-0.4, -0.2) is 20.8 Å². The Hall–Kier alpha value is -6.46. The van der Waals surface area contributed by atoms with Crippen molar-refractivity contribution in [1.82, 2.24) is 14.5 Å². The molecule has 0 spiro atoms. The van der Waals surface area contributed by atoms with E-state index in [1.54, 1.807) is 0 Å². The summed E-state index contributed by atoms with van der Waals surface area (Å²) in [4.78, 5) is 10.6. The third kappa shape index (κ3) is 3.98. The van der Waals surface area contributed by atoms with E-state index in [1.807, 2.05) is 36.4 Å². The van der Waals surface area contributed by atoms with Crippen LogP contribution in [0.3, 0.4) is 0 Å². The summed E-state index contributed by atoms with van der Waals surface area (Å²) >= 11 is 0. The molecule has 0 unspecified atom stereocenters. The smallest absolute Gasteiger partial charge is 0.225 e. The Labute approximate surface area is 276 Å². The molecule has 226 valence electrons.